The van der Waals surface area contributed by atoms with E-state index in [1.165, 1.54) is 5.56 Å². The molecule has 1 rings (SSSR count). The maximum absolute atomic E-state index is 11.1. The maximum atomic E-state index is 11.1. The zero-order valence-corrected chi connectivity index (χ0v) is 8.35. The molecule has 2 heteroatoms. The van der Waals surface area contributed by atoms with Gasteiger partial charge in [-0.05, 0) is 37.5 Å². The van der Waals surface area contributed by atoms with E-state index in [1.54, 1.807) is 0 Å². The van der Waals surface area contributed by atoms with Crippen molar-refractivity contribution in [1.82, 2.24) is 0 Å². The lowest BCUT2D eigenvalue weighted by Crippen LogP contribution is -2.14. The number of carbonyl (C=O) groups is 1. The molecular formula is C11H15NO. The van der Waals surface area contributed by atoms with Crippen LogP contribution in [0.1, 0.15) is 34.0 Å². The van der Waals surface area contributed by atoms with Crippen LogP contribution in [0.15, 0.2) is 12.1 Å². The van der Waals surface area contributed by atoms with Crippen LogP contribution in [0.25, 0.3) is 0 Å². The van der Waals surface area contributed by atoms with Crippen molar-refractivity contribution in [3.63, 3.8) is 0 Å². The smallest absolute Gasteiger partial charge is 0.248 e. The molecule has 0 fully saturated rings. The Labute approximate surface area is 78.8 Å². The second-order valence-electron chi connectivity index (χ2n) is 3.31. The first-order valence-electron chi connectivity index (χ1n) is 4.46. The molecule has 70 valence electrons. The number of benzene rings is 1. The Kier molecular flexibility index (Phi) is 2.71. The van der Waals surface area contributed by atoms with Gasteiger partial charge in [0.1, 0.15) is 0 Å². The molecule has 0 spiro atoms. The van der Waals surface area contributed by atoms with E-state index in [-0.39, 0.29) is 5.91 Å². The molecule has 0 radical (unpaired) electrons. The SMILES string of the molecule is CCc1cc(C)cc(C(N)=O)c1C. The summed E-state index contributed by atoms with van der Waals surface area (Å²) < 4.78 is 0. The molecule has 0 atom stereocenters. The molecule has 0 saturated heterocycles. The van der Waals surface area contributed by atoms with E-state index in [0.717, 1.165) is 17.5 Å². The molecule has 13 heavy (non-hydrogen) atoms. The maximum Gasteiger partial charge on any atom is 0.248 e. The fraction of sp³-hybridized carbons (Fsp3) is 0.364. The molecule has 0 heterocycles. The van der Waals surface area contributed by atoms with Gasteiger partial charge in [0.05, 0.1) is 0 Å². The number of hydrogen-bond acceptors (Lipinski definition) is 1. The molecule has 0 bridgehead atoms. The Morgan fingerprint density at radius 2 is 2.00 bits per heavy atom. The molecule has 1 aromatic rings. The first kappa shape index (κ1) is 9.78. The van der Waals surface area contributed by atoms with Gasteiger partial charge in [-0.15, -0.1) is 0 Å². The van der Waals surface area contributed by atoms with Crippen molar-refractivity contribution in [1.29, 1.82) is 0 Å². The van der Waals surface area contributed by atoms with Crippen LogP contribution in [0.2, 0.25) is 0 Å². The number of hydrogen-bond donors (Lipinski definition) is 1. The molecule has 0 unspecified atom stereocenters. The Morgan fingerprint density at radius 3 is 2.46 bits per heavy atom. The normalized spacial score (nSPS) is 10.1. The topological polar surface area (TPSA) is 43.1 Å². The van der Waals surface area contributed by atoms with Crippen LogP contribution >= 0.6 is 0 Å². The highest BCUT2D eigenvalue weighted by atomic mass is 16.1. The van der Waals surface area contributed by atoms with Crippen molar-refractivity contribution in [2.24, 2.45) is 5.73 Å². The highest BCUT2D eigenvalue weighted by Crippen LogP contribution is 2.16. The Balaban J connectivity index is 3.35. The van der Waals surface area contributed by atoms with Crippen molar-refractivity contribution < 1.29 is 4.79 Å². The van der Waals surface area contributed by atoms with Gasteiger partial charge in [-0.3, -0.25) is 4.79 Å². The molecule has 1 aromatic carbocycles. The van der Waals surface area contributed by atoms with Crippen molar-refractivity contribution >= 4 is 5.91 Å². The van der Waals surface area contributed by atoms with Gasteiger partial charge in [-0.2, -0.15) is 0 Å². The molecular weight excluding hydrogens is 162 g/mol. The monoisotopic (exact) mass is 177 g/mol. The molecule has 2 N–H and O–H groups in total. The number of primary amides is 1. The van der Waals surface area contributed by atoms with E-state index in [9.17, 15) is 4.79 Å². The summed E-state index contributed by atoms with van der Waals surface area (Å²) in [7, 11) is 0. The summed E-state index contributed by atoms with van der Waals surface area (Å²) in [6.07, 6.45) is 0.938. The first-order chi connectivity index (χ1) is 6.06. The second-order valence-corrected chi connectivity index (χ2v) is 3.31. The van der Waals surface area contributed by atoms with E-state index in [2.05, 4.69) is 13.0 Å². The van der Waals surface area contributed by atoms with Crippen LogP contribution in [0.3, 0.4) is 0 Å². The van der Waals surface area contributed by atoms with Crippen LogP contribution in [0, 0.1) is 13.8 Å². The zero-order valence-electron chi connectivity index (χ0n) is 8.35. The molecule has 0 aliphatic rings. The summed E-state index contributed by atoms with van der Waals surface area (Å²) in [6.45, 7) is 6.00. The second kappa shape index (κ2) is 3.60. The van der Waals surface area contributed by atoms with Gasteiger partial charge in [0.15, 0.2) is 0 Å². The van der Waals surface area contributed by atoms with E-state index in [0.29, 0.717) is 5.56 Å². The summed E-state index contributed by atoms with van der Waals surface area (Å²) in [5, 5.41) is 0. The van der Waals surface area contributed by atoms with Crippen LogP contribution in [-0.2, 0) is 6.42 Å². The van der Waals surface area contributed by atoms with Gasteiger partial charge in [0.25, 0.3) is 0 Å². The summed E-state index contributed by atoms with van der Waals surface area (Å²) in [6, 6.07) is 3.94. The molecule has 0 saturated carbocycles. The number of amides is 1. The van der Waals surface area contributed by atoms with E-state index < -0.39 is 0 Å². The highest BCUT2D eigenvalue weighted by molar-refractivity contribution is 5.94. The summed E-state index contributed by atoms with van der Waals surface area (Å²) >= 11 is 0. The zero-order chi connectivity index (χ0) is 10.0. The van der Waals surface area contributed by atoms with Gasteiger partial charge in [-0.1, -0.05) is 18.6 Å². The largest absolute Gasteiger partial charge is 0.366 e. The van der Waals surface area contributed by atoms with Gasteiger partial charge < -0.3 is 5.73 Å². The summed E-state index contributed by atoms with van der Waals surface area (Å²) in [5.74, 6) is -0.337. The fourth-order valence-corrected chi connectivity index (χ4v) is 1.56. The number of nitrogens with two attached hydrogens (primary N) is 1. The predicted octanol–water partition coefficient (Wildman–Crippen LogP) is 1.96. The van der Waals surface area contributed by atoms with Crippen LogP contribution in [0.5, 0.6) is 0 Å². The quantitative estimate of drug-likeness (QED) is 0.737. The third-order valence-electron chi connectivity index (χ3n) is 2.31. The third kappa shape index (κ3) is 1.89. The van der Waals surface area contributed by atoms with E-state index in [1.807, 2.05) is 19.9 Å². The minimum absolute atomic E-state index is 0.337. The lowest BCUT2D eigenvalue weighted by atomic mass is 9.97. The third-order valence-corrected chi connectivity index (χ3v) is 2.31. The van der Waals surface area contributed by atoms with Gasteiger partial charge in [-0.25, -0.2) is 0 Å². The van der Waals surface area contributed by atoms with E-state index in [4.69, 9.17) is 5.73 Å². The Bertz CT molecular complexity index is 342. The van der Waals surface area contributed by atoms with Gasteiger partial charge in [0.2, 0.25) is 5.91 Å². The van der Waals surface area contributed by atoms with Crippen LogP contribution in [-0.4, -0.2) is 5.91 Å². The lowest BCUT2D eigenvalue weighted by Gasteiger charge is -2.08. The molecule has 2 nitrogen and oxygen atoms in total. The van der Waals surface area contributed by atoms with Gasteiger partial charge >= 0.3 is 0 Å². The predicted molar refractivity (Wildman–Crippen MR) is 53.8 cm³/mol. The standard InChI is InChI=1S/C11H15NO/c1-4-9-5-7(2)6-10(8(9)3)11(12)13/h5-6H,4H2,1-3H3,(H2,12,13). The average molecular weight is 177 g/mol. The minimum atomic E-state index is -0.337. The minimum Gasteiger partial charge on any atom is -0.366 e. The lowest BCUT2D eigenvalue weighted by molar-refractivity contribution is 0.0999. The first-order valence-corrected chi connectivity index (χ1v) is 4.46. The van der Waals surface area contributed by atoms with Crippen LogP contribution in [0.4, 0.5) is 0 Å². The van der Waals surface area contributed by atoms with Crippen molar-refractivity contribution in [2.45, 2.75) is 27.2 Å². The molecule has 0 aromatic heterocycles. The Morgan fingerprint density at radius 1 is 1.38 bits per heavy atom. The number of rotatable bonds is 2. The summed E-state index contributed by atoms with van der Waals surface area (Å²) in [5.41, 5.74) is 9.23. The molecule has 1 amide bonds. The molecule has 0 aliphatic heterocycles. The van der Waals surface area contributed by atoms with Gasteiger partial charge in [0, 0.05) is 5.56 Å². The Hall–Kier alpha value is -1.31. The molecule has 0 aliphatic carbocycles. The fourth-order valence-electron chi connectivity index (χ4n) is 1.56. The number of aryl methyl sites for hydroxylation is 2. The van der Waals surface area contributed by atoms with Crippen molar-refractivity contribution in [3.8, 4) is 0 Å². The highest BCUT2D eigenvalue weighted by Gasteiger charge is 2.08. The van der Waals surface area contributed by atoms with E-state index >= 15 is 0 Å². The summed E-state index contributed by atoms with van der Waals surface area (Å²) in [4.78, 5) is 11.1. The average Bonchev–Trinajstić information content (AvgIpc) is 2.08. The van der Waals surface area contributed by atoms with Crippen LogP contribution < -0.4 is 5.73 Å². The number of carbonyl (C=O) groups excluding carboxylic acids is 1. The van der Waals surface area contributed by atoms with Crippen molar-refractivity contribution in [2.75, 3.05) is 0 Å². The van der Waals surface area contributed by atoms with Crippen molar-refractivity contribution in [3.05, 3.63) is 34.4 Å².